The Balaban J connectivity index is 2.13. The minimum Gasteiger partial charge on any atom is -0.493 e. The van der Waals surface area contributed by atoms with Gasteiger partial charge in [0.15, 0.2) is 11.5 Å². The lowest BCUT2D eigenvalue weighted by molar-refractivity contribution is 0.0856. The van der Waals surface area contributed by atoms with Crippen LogP contribution in [0.4, 0.5) is 5.82 Å². The molecule has 0 unspecified atom stereocenters. The molecule has 0 saturated carbocycles. The van der Waals surface area contributed by atoms with Crippen LogP contribution in [0.3, 0.4) is 0 Å². The zero-order valence-electron chi connectivity index (χ0n) is 14.9. The summed E-state index contributed by atoms with van der Waals surface area (Å²) in [5, 5.41) is 1.08. The molecular weight excluding hydrogens is 304 g/mol. The highest BCUT2D eigenvalue weighted by molar-refractivity contribution is 5.87. The van der Waals surface area contributed by atoms with Crippen molar-refractivity contribution in [2.45, 2.75) is 45.1 Å². The quantitative estimate of drug-likeness (QED) is 0.924. The Labute approximate surface area is 143 Å². The monoisotopic (exact) mass is 330 g/mol. The summed E-state index contributed by atoms with van der Waals surface area (Å²) < 4.78 is 17.1. The third kappa shape index (κ3) is 3.56. The first-order valence-corrected chi connectivity index (χ1v) is 8.42. The highest BCUT2D eigenvalue weighted by atomic mass is 16.5. The summed E-state index contributed by atoms with van der Waals surface area (Å²) in [5.41, 5.74) is 7.82. The number of nitrogen functional groups attached to an aromatic ring is 1. The van der Waals surface area contributed by atoms with Gasteiger partial charge in [0.05, 0.1) is 12.6 Å². The molecule has 0 aliphatic carbocycles. The fourth-order valence-electron chi connectivity index (χ4n) is 3.20. The lowest BCUT2D eigenvalue weighted by Crippen LogP contribution is -2.23. The van der Waals surface area contributed by atoms with E-state index in [1.165, 1.54) is 5.56 Å². The Bertz CT molecular complexity index is 731. The van der Waals surface area contributed by atoms with Crippen LogP contribution in [0.15, 0.2) is 18.2 Å². The van der Waals surface area contributed by atoms with Gasteiger partial charge in [-0.05, 0) is 57.2 Å². The van der Waals surface area contributed by atoms with Gasteiger partial charge in [-0.2, -0.15) is 0 Å². The van der Waals surface area contributed by atoms with Gasteiger partial charge < -0.3 is 19.9 Å². The maximum absolute atomic E-state index is 6.06. The van der Waals surface area contributed by atoms with E-state index in [-0.39, 0.29) is 5.60 Å². The van der Waals surface area contributed by atoms with Gasteiger partial charge in [-0.1, -0.05) is 0 Å². The molecule has 0 radical (unpaired) electrons. The fraction of sp³-hybridized carbons (Fsp3) is 0.526. The van der Waals surface area contributed by atoms with Gasteiger partial charge >= 0.3 is 0 Å². The number of aromatic nitrogens is 1. The molecule has 5 heteroatoms. The van der Waals surface area contributed by atoms with E-state index in [4.69, 9.17) is 19.9 Å². The van der Waals surface area contributed by atoms with Crippen LogP contribution in [0.1, 0.15) is 45.1 Å². The second-order valence-electron chi connectivity index (χ2n) is 7.26. The minimum absolute atomic E-state index is 0.315. The molecular formula is C19H26N2O3. The molecule has 1 aliphatic heterocycles. The molecule has 24 heavy (non-hydrogen) atoms. The number of nitrogens with two attached hydrogens (primary N) is 1. The van der Waals surface area contributed by atoms with E-state index >= 15 is 0 Å². The molecule has 5 nitrogen and oxygen atoms in total. The predicted molar refractivity (Wildman–Crippen MR) is 95.9 cm³/mol. The third-order valence-electron chi connectivity index (χ3n) is 4.22. The first-order chi connectivity index (χ1) is 11.4. The van der Waals surface area contributed by atoms with E-state index in [1.54, 1.807) is 7.11 Å². The van der Waals surface area contributed by atoms with E-state index in [1.807, 2.05) is 39.0 Å². The molecule has 130 valence electrons. The Morgan fingerprint density at radius 2 is 1.83 bits per heavy atom. The third-order valence-corrected chi connectivity index (χ3v) is 4.22. The van der Waals surface area contributed by atoms with Crippen molar-refractivity contribution in [3.63, 3.8) is 0 Å². The Kier molecular flexibility index (Phi) is 4.54. The van der Waals surface area contributed by atoms with Crippen molar-refractivity contribution in [1.82, 2.24) is 4.98 Å². The zero-order chi connectivity index (χ0) is 17.3. The molecule has 1 aromatic carbocycles. The smallest absolute Gasteiger partial charge is 0.164 e. The van der Waals surface area contributed by atoms with Gasteiger partial charge in [0.25, 0.3) is 0 Å². The van der Waals surface area contributed by atoms with Crippen molar-refractivity contribution in [3.05, 3.63) is 23.8 Å². The first kappa shape index (κ1) is 16.8. The van der Waals surface area contributed by atoms with Gasteiger partial charge in [0.1, 0.15) is 11.4 Å². The fourth-order valence-corrected chi connectivity index (χ4v) is 3.20. The number of rotatable bonds is 3. The maximum atomic E-state index is 6.06. The van der Waals surface area contributed by atoms with Crippen LogP contribution in [0.2, 0.25) is 0 Å². The summed E-state index contributed by atoms with van der Waals surface area (Å²) in [4.78, 5) is 4.51. The summed E-state index contributed by atoms with van der Waals surface area (Å²) in [6.45, 7) is 7.61. The Morgan fingerprint density at radius 1 is 1.12 bits per heavy atom. The van der Waals surface area contributed by atoms with Gasteiger partial charge in [0, 0.05) is 24.7 Å². The summed E-state index contributed by atoms with van der Waals surface area (Å²) in [6.07, 6.45) is 2.00. The number of hydrogen-bond acceptors (Lipinski definition) is 5. The highest BCUT2D eigenvalue weighted by Gasteiger charge is 2.22. The van der Waals surface area contributed by atoms with Crippen LogP contribution >= 0.6 is 0 Å². The largest absolute Gasteiger partial charge is 0.493 e. The number of pyridine rings is 1. The number of methoxy groups -OCH3 is 1. The molecule has 0 bridgehead atoms. The number of nitrogens with zero attached hydrogens (tertiary/aromatic N) is 1. The Hall–Kier alpha value is -2.01. The number of hydrogen-bond donors (Lipinski definition) is 1. The number of ether oxygens (including phenoxy) is 3. The second kappa shape index (κ2) is 6.48. The van der Waals surface area contributed by atoms with E-state index in [9.17, 15) is 0 Å². The SMILES string of the molecule is COc1cc2c(C3CCOCC3)cc(N)nc2cc1OC(C)(C)C. The van der Waals surface area contributed by atoms with Crippen molar-refractivity contribution in [2.75, 3.05) is 26.1 Å². The van der Waals surface area contributed by atoms with E-state index in [2.05, 4.69) is 4.98 Å². The molecule has 2 heterocycles. The van der Waals surface area contributed by atoms with E-state index in [0.717, 1.165) is 42.7 Å². The normalized spacial score (nSPS) is 16.3. The topological polar surface area (TPSA) is 66.6 Å². The van der Waals surface area contributed by atoms with Crippen molar-refractivity contribution < 1.29 is 14.2 Å². The summed E-state index contributed by atoms with van der Waals surface area (Å²) >= 11 is 0. The molecule has 0 amide bonds. The molecule has 1 aliphatic rings. The molecule has 0 spiro atoms. The van der Waals surface area contributed by atoms with Crippen LogP contribution in [0, 0.1) is 0 Å². The van der Waals surface area contributed by atoms with Gasteiger partial charge in [-0.3, -0.25) is 0 Å². The van der Waals surface area contributed by atoms with Crippen molar-refractivity contribution in [2.24, 2.45) is 0 Å². The molecule has 1 aromatic heterocycles. The number of benzene rings is 1. The van der Waals surface area contributed by atoms with E-state index < -0.39 is 0 Å². The minimum atomic E-state index is -0.315. The van der Waals surface area contributed by atoms with E-state index in [0.29, 0.717) is 17.5 Å². The molecule has 1 fully saturated rings. The Morgan fingerprint density at radius 3 is 2.46 bits per heavy atom. The standard InChI is InChI=1S/C19H26N2O3/c1-19(2,3)24-17-11-15-14(9-16(17)22-4)13(10-18(20)21-15)12-5-7-23-8-6-12/h9-12H,5-8H2,1-4H3,(H2,20,21). The summed E-state index contributed by atoms with van der Waals surface area (Å²) in [5.74, 6) is 2.38. The van der Waals surface area contributed by atoms with Crippen molar-refractivity contribution >= 4 is 16.7 Å². The van der Waals surface area contributed by atoms with Crippen LogP contribution < -0.4 is 15.2 Å². The van der Waals surface area contributed by atoms with Crippen molar-refractivity contribution in [1.29, 1.82) is 0 Å². The lowest BCUT2D eigenvalue weighted by atomic mass is 9.89. The molecule has 3 rings (SSSR count). The van der Waals surface area contributed by atoms with Crippen molar-refractivity contribution in [3.8, 4) is 11.5 Å². The molecule has 0 atom stereocenters. The summed E-state index contributed by atoms with van der Waals surface area (Å²) in [7, 11) is 1.66. The zero-order valence-corrected chi connectivity index (χ0v) is 14.9. The molecule has 2 N–H and O–H groups in total. The van der Waals surface area contributed by atoms with Gasteiger partial charge in [-0.15, -0.1) is 0 Å². The van der Waals surface area contributed by atoms with Crippen LogP contribution in [0.25, 0.3) is 10.9 Å². The van der Waals surface area contributed by atoms with Gasteiger partial charge in [-0.25, -0.2) is 4.98 Å². The predicted octanol–water partition coefficient (Wildman–Crippen LogP) is 3.90. The first-order valence-electron chi connectivity index (χ1n) is 8.42. The van der Waals surface area contributed by atoms with Crippen LogP contribution in [-0.2, 0) is 4.74 Å². The molecule has 2 aromatic rings. The number of fused-ring (bicyclic) bond motifs is 1. The maximum Gasteiger partial charge on any atom is 0.164 e. The number of anilines is 1. The lowest BCUT2D eigenvalue weighted by Gasteiger charge is -2.25. The highest BCUT2D eigenvalue weighted by Crippen LogP contribution is 2.39. The average Bonchev–Trinajstić information content (AvgIpc) is 2.53. The average molecular weight is 330 g/mol. The van der Waals surface area contributed by atoms with Crippen LogP contribution in [-0.4, -0.2) is 30.9 Å². The summed E-state index contributed by atoms with van der Waals surface area (Å²) in [6, 6.07) is 5.94. The van der Waals surface area contributed by atoms with Crippen LogP contribution in [0.5, 0.6) is 11.5 Å². The van der Waals surface area contributed by atoms with Gasteiger partial charge in [0.2, 0.25) is 0 Å². The molecule has 1 saturated heterocycles. The second-order valence-corrected chi connectivity index (χ2v) is 7.26.